The molecule has 1 fully saturated rings. The third kappa shape index (κ3) is 4.82. The van der Waals surface area contributed by atoms with E-state index in [-0.39, 0.29) is 18.9 Å². The van der Waals surface area contributed by atoms with E-state index >= 15 is 0 Å². The number of nitrogens with zero attached hydrogens (tertiary/aromatic N) is 3. The zero-order chi connectivity index (χ0) is 21.1. The monoisotopic (exact) mass is 414 g/mol. The van der Waals surface area contributed by atoms with E-state index in [2.05, 4.69) is 10.4 Å². The Balaban J connectivity index is 1.31. The lowest BCUT2D eigenvalue weighted by Gasteiger charge is -2.17. The summed E-state index contributed by atoms with van der Waals surface area (Å²) in [5, 5.41) is 6.97. The number of carbonyl (C=O) groups is 1. The maximum Gasteiger partial charge on any atom is 0.229 e. The van der Waals surface area contributed by atoms with E-state index in [1.807, 2.05) is 29.2 Å². The number of hydrogen-bond acceptors (Lipinski definition) is 3. The fourth-order valence-corrected chi connectivity index (χ4v) is 3.49. The van der Waals surface area contributed by atoms with Crippen molar-refractivity contribution in [3.05, 3.63) is 77.5 Å². The van der Waals surface area contributed by atoms with Crippen molar-refractivity contribution in [2.24, 2.45) is 0 Å². The van der Waals surface area contributed by atoms with Crippen LogP contribution in [0.25, 0.3) is 0 Å². The third-order valence-electron chi connectivity index (χ3n) is 5.03. The van der Waals surface area contributed by atoms with E-state index in [1.54, 1.807) is 12.3 Å². The second-order valence-corrected chi connectivity index (χ2v) is 7.37. The second kappa shape index (κ2) is 8.61. The molecular formula is C22H21F3N4O. The minimum absolute atomic E-state index is 0.183. The number of amides is 1. The normalized spacial score (nSPS) is 16.1. The number of carbonyl (C=O) groups excluding carboxylic acids is 1. The van der Waals surface area contributed by atoms with Crippen molar-refractivity contribution in [1.29, 1.82) is 0 Å². The van der Waals surface area contributed by atoms with Gasteiger partial charge in [0.05, 0.1) is 13.0 Å². The number of benzene rings is 2. The summed E-state index contributed by atoms with van der Waals surface area (Å²) in [7, 11) is 0. The molecular weight excluding hydrogens is 393 g/mol. The van der Waals surface area contributed by atoms with Crippen molar-refractivity contribution < 1.29 is 18.0 Å². The number of anilines is 2. The molecule has 2 aromatic carbocycles. The third-order valence-corrected chi connectivity index (χ3v) is 5.03. The molecule has 0 bridgehead atoms. The Bertz CT molecular complexity index is 1040. The van der Waals surface area contributed by atoms with Crippen LogP contribution in [0.2, 0.25) is 0 Å². The van der Waals surface area contributed by atoms with Crippen molar-refractivity contribution in [3.63, 3.8) is 0 Å². The highest BCUT2D eigenvalue weighted by molar-refractivity contribution is 5.91. The van der Waals surface area contributed by atoms with Gasteiger partial charge in [-0.15, -0.1) is 0 Å². The van der Waals surface area contributed by atoms with Gasteiger partial charge in [-0.3, -0.25) is 9.48 Å². The average molecular weight is 414 g/mol. The van der Waals surface area contributed by atoms with Gasteiger partial charge < -0.3 is 10.2 Å². The Labute approximate surface area is 172 Å². The van der Waals surface area contributed by atoms with Crippen LogP contribution in [0, 0.1) is 11.6 Å². The molecule has 3 aromatic rings. The maximum absolute atomic E-state index is 13.3. The molecule has 30 heavy (non-hydrogen) atoms. The predicted octanol–water partition coefficient (Wildman–Crippen LogP) is 3.94. The van der Waals surface area contributed by atoms with Crippen molar-refractivity contribution >= 4 is 17.4 Å². The van der Waals surface area contributed by atoms with E-state index in [1.165, 1.54) is 10.7 Å². The molecule has 1 aromatic heterocycles. The van der Waals surface area contributed by atoms with Crippen molar-refractivity contribution in [2.45, 2.75) is 25.6 Å². The summed E-state index contributed by atoms with van der Waals surface area (Å²) >= 11 is 0. The Kier molecular flexibility index (Phi) is 5.74. The van der Waals surface area contributed by atoms with Gasteiger partial charge in [0, 0.05) is 31.0 Å². The van der Waals surface area contributed by atoms with Gasteiger partial charge in [-0.2, -0.15) is 5.10 Å². The number of nitrogens with one attached hydrogen (secondary N) is 1. The molecule has 1 saturated heterocycles. The average Bonchev–Trinajstić information content (AvgIpc) is 3.34. The van der Waals surface area contributed by atoms with Crippen LogP contribution in [0.4, 0.5) is 24.7 Å². The molecule has 1 aliphatic rings. The SMILES string of the molecule is O=C(Cc1ccc(N2CC[C@H](F)C2)cc1)Nc1ccn(Cc2ccc(F)c(F)c2)n1. The Hall–Kier alpha value is -3.29. The fourth-order valence-electron chi connectivity index (χ4n) is 3.49. The highest BCUT2D eigenvalue weighted by atomic mass is 19.2. The first kappa shape index (κ1) is 20.0. The summed E-state index contributed by atoms with van der Waals surface area (Å²) in [5.41, 5.74) is 2.36. The topological polar surface area (TPSA) is 50.2 Å². The lowest BCUT2D eigenvalue weighted by Crippen LogP contribution is -2.20. The van der Waals surface area contributed by atoms with Crippen molar-refractivity contribution in [1.82, 2.24) is 9.78 Å². The first-order chi connectivity index (χ1) is 14.5. The van der Waals surface area contributed by atoms with Crippen LogP contribution >= 0.6 is 0 Å². The quantitative estimate of drug-likeness (QED) is 0.665. The molecule has 0 saturated carbocycles. The molecule has 0 unspecified atom stereocenters. The van der Waals surface area contributed by atoms with Gasteiger partial charge in [0.2, 0.25) is 5.91 Å². The highest BCUT2D eigenvalue weighted by Gasteiger charge is 2.21. The summed E-state index contributed by atoms with van der Waals surface area (Å²) in [4.78, 5) is 14.3. The van der Waals surface area contributed by atoms with Crippen molar-refractivity contribution in [2.75, 3.05) is 23.3 Å². The van der Waals surface area contributed by atoms with Crippen molar-refractivity contribution in [3.8, 4) is 0 Å². The first-order valence-electron chi connectivity index (χ1n) is 9.71. The van der Waals surface area contributed by atoms with Gasteiger partial charge in [-0.05, 0) is 41.8 Å². The van der Waals surface area contributed by atoms with Crippen LogP contribution < -0.4 is 10.2 Å². The molecule has 1 aliphatic heterocycles. The summed E-state index contributed by atoms with van der Waals surface area (Å²) in [6.07, 6.45) is 1.60. The van der Waals surface area contributed by atoms with Gasteiger partial charge in [0.25, 0.3) is 0 Å². The Morgan fingerprint density at radius 3 is 2.53 bits per heavy atom. The van der Waals surface area contributed by atoms with Crippen LogP contribution in [-0.2, 0) is 17.8 Å². The van der Waals surface area contributed by atoms with Gasteiger partial charge >= 0.3 is 0 Å². The number of rotatable bonds is 6. The number of hydrogen-bond donors (Lipinski definition) is 1. The molecule has 1 amide bonds. The number of alkyl halides is 1. The molecule has 0 radical (unpaired) electrons. The van der Waals surface area contributed by atoms with Crippen LogP contribution in [0.15, 0.2) is 54.7 Å². The standard InChI is InChI=1S/C22H21F3N4O/c23-17-7-9-28(14-17)18-4-1-15(2-5-18)12-22(30)26-21-8-10-29(27-21)13-16-3-6-19(24)20(25)11-16/h1-6,8,10-11,17H,7,9,12-14H2,(H,26,27,30)/t17-/m0/s1. The molecule has 156 valence electrons. The van der Waals surface area contributed by atoms with Gasteiger partial charge in [0.1, 0.15) is 6.17 Å². The Morgan fingerprint density at radius 1 is 1.07 bits per heavy atom. The highest BCUT2D eigenvalue weighted by Crippen LogP contribution is 2.22. The maximum atomic E-state index is 13.3. The van der Waals surface area contributed by atoms with E-state index in [0.29, 0.717) is 30.9 Å². The molecule has 0 spiro atoms. The molecule has 1 N–H and O–H groups in total. The summed E-state index contributed by atoms with van der Waals surface area (Å²) in [6.45, 7) is 1.37. The number of halogens is 3. The molecule has 4 rings (SSSR count). The predicted molar refractivity (Wildman–Crippen MR) is 108 cm³/mol. The minimum atomic E-state index is -0.909. The zero-order valence-electron chi connectivity index (χ0n) is 16.2. The zero-order valence-corrected chi connectivity index (χ0v) is 16.2. The Morgan fingerprint density at radius 2 is 1.83 bits per heavy atom. The van der Waals surface area contributed by atoms with E-state index < -0.39 is 17.8 Å². The van der Waals surface area contributed by atoms with E-state index in [0.717, 1.165) is 23.4 Å². The van der Waals surface area contributed by atoms with Gasteiger partial charge in [-0.25, -0.2) is 13.2 Å². The van der Waals surface area contributed by atoms with Crippen LogP contribution in [0.5, 0.6) is 0 Å². The lowest BCUT2D eigenvalue weighted by atomic mass is 10.1. The second-order valence-electron chi connectivity index (χ2n) is 7.37. The van der Waals surface area contributed by atoms with Gasteiger partial charge in [-0.1, -0.05) is 18.2 Å². The lowest BCUT2D eigenvalue weighted by molar-refractivity contribution is -0.115. The van der Waals surface area contributed by atoms with Gasteiger partial charge in [0.15, 0.2) is 17.5 Å². The number of aromatic nitrogens is 2. The fraction of sp³-hybridized carbons (Fsp3) is 0.273. The van der Waals surface area contributed by atoms with Crippen LogP contribution in [0.3, 0.4) is 0 Å². The van der Waals surface area contributed by atoms with Crippen LogP contribution in [-0.4, -0.2) is 34.9 Å². The minimum Gasteiger partial charge on any atom is -0.369 e. The molecule has 1 atom stereocenters. The summed E-state index contributed by atoms with van der Waals surface area (Å²) in [6, 6.07) is 12.8. The largest absolute Gasteiger partial charge is 0.369 e. The molecule has 2 heterocycles. The van der Waals surface area contributed by atoms with Crippen LogP contribution in [0.1, 0.15) is 17.5 Å². The molecule has 0 aliphatic carbocycles. The van der Waals surface area contributed by atoms with E-state index in [9.17, 15) is 18.0 Å². The van der Waals surface area contributed by atoms with E-state index in [4.69, 9.17) is 0 Å². The molecule has 8 heteroatoms. The first-order valence-corrected chi connectivity index (χ1v) is 9.71. The molecule has 5 nitrogen and oxygen atoms in total. The summed E-state index contributed by atoms with van der Waals surface area (Å²) < 4.78 is 41.2. The summed E-state index contributed by atoms with van der Waals surface area (Å²) in [5.74, 6) is -1.64. The smallest absolute Gasteiger partial charge is 0.229 e.